The summed E-state index contributed by atoms with van der Waals surface area (Å²) >= 11 is 0. The maximum absolute atomic E-state index is 5.53. The van der Waals surface area contributed by atoms with Crippen LogP contribution in [0.15, 0.2) is 48.5 Å². The zero-order valence-corrected chi connectivity index (χ0v) is 19.9. The predicted octanol–water partition coefficient (Wildman–Crippen LogP) is 3.39. The Labute approximate surface area is 200 Å². The van der Waals surface area contributed by atoms with Crippen LogP contribution in [-0.2, 0) is 13.1 Å². The third-order valence-electron chi connectivity index (χ3n) is 6.27. The van der Waals surface area contributed by atoms with Crippen molar-refractivity contribution in [2.75, 3.05) is 33.0 Å². The number of rotatable bonds is 7. The zero-order chi connectivity index (χ0) is 21.9. The maximum Gasteiger partial charge on any atom is 0.231 e. The van der Waals surface area contributed by atoms with E-state index in [0.717, 1.165) is 55.6 Å². The van der Waals surface area contributed by atoms with Gasteiger partial charge < -0.3 is 9.47 Å². The molecule has 0 bridgehead atoms. The topological polar surface area (TPSA) is 68.5 Å². The minimum absolute atomic E-state index is 0. The Morgan fingerprint density at radius 2 is 1.64 bits per heavy atom. The van der Waals surface area contributed by atoms with Gasteiger partial charge in [0.2, 0.25) is 6.79 Å². The number of hydrogen-bond donors (Lipinski definition) is 0. The number of fused-ring (bicyclic) bond motifs is 1. The fourth-order valence-electron chi connectivity index (χ4n) is 4.67. The van der Waals surface area contributed by atoms with Gasteiger partial charge in [0.15, 0.2) is 17.3 Å². The van der Waals surface area contributed by atoms with Gasteiger partial charge in [0.05, 0.1) is 12.6 Å². The highest BCUT2D eigenvalue weighted by molar-refractivity contribution is 5.85. The van der Waals surface area contributed by atoms with Gasteiger partial charge in [0, 0.05) is 32.7 Å². The zero-order valence-electron chi connectivity index (χ0n) is 19.1. The van der Waals surface area contributed by atoms with E-state index >= 15 is 0 Å². The second kappa shape index (κ2) is 10.5. The lowest BCUT2D eigenvalue weighted by Crippen LogP contribution is -2.48. The first-order valence-corrected chi connectivity index (χ1v) is 11.3. The number of benzene rings is 2. The Kier molecular flexibility index (Phi) is 7.47. The molecule has 0 N–H and O–H groups in total. The summed E-state index contributed by atoms with van der Waals surface area (Å²) in [6.45, 7) is 10.5. The highest BCUT2D eigenvalue weighted by Gasteiger charge is 2.31. The van der Waals surface area contributed by atoms with Crippen molar-refractivity contribution in [1.82, 2.24) is 30.0 Å². The van der Waals surface area contributed by atoms with Gasteiger partial charge in [-0.25, -0.2) is 4.68 Å². The van der Waals surface area contributed by atoms with Gasteiger partial charge in [-0.2, -0.15) is 0 Å². The summed E-state index contributed by atoms with van der Waals surface area (Å²) in [5, 5.41) is 12.8. The van der Waals surface area contributed by atoms with Gasteiger partial charge in [0.25, 0.3) is 0 Å². The van der Waals surface area contributed by atoms with Crippen LogP contribution < -0.4 is 9.47 Å². The van der Waals surface area contributed by atoms with Crippen molar-refractivity contribution in [2.45, 2.75) is 33.0 Å². The standard InChI is InChI=1S/C24H30N6O2.ClH/c1-18(2)23(29-12-10-28(11-13-29)15-19-6-4-3-5-7-19)24-25-26-27-30(24)16-20-8-9-21-22(14-20)32-17-31-21;/h3-9,14,18,23H,10-13,15-17H2,1-2H3;1H. The maximum atomic E-state index is 5.53. The van der Waals surface area contributed by atoms with E-state index in [1.165, 1.54) is 5.56 Å². The number of ether oxygens (including phenoxy) is 2. The summed E-state index contributed by atoms with van der Waals surface area (Å²) in [7, 11) is 0. The normalized spacial score (nSPS) is 17.2. The van der Waals surface area contributed by atoms with E-state index in [4.69, 9.17) is 9.47 Å². The summed E-state index contributed by atoms with van der Waals surface area (Å²) < 4.78 is 12.9. The van der Waals surface area contributed by atoms with Crippen LogP contribution in [-0.4, -0.2) is 63.0 Å². The Morgan fingerprint density at radius 1 is 0.879 bits per heavy atom. The van der Waals surface area contributed by atoms with E-state index < -0.39 is 0 Å². The third kappa shape index (κ3) is 5.29. The molecule has 1 atom stereocenters. The lowest BCUT2D eigenvalue weighted by Gasteiger charge is -2.40. The molecule has 0 aliphatic carbocycles. The van der Waals surface area contributed by atoms with E-state index in [0.29, 0.717) is 12.5 Å². The van der Waals surface area contributed by atoms with E-state index in [9.17, 15) is 0 Å². The van der Waals surface area contributed by atoms with Crippen LogP contribution >= 0.6 is 12.4 Å². The molecule has 3 aromatic rings. The molecule has 2 aliphatic heterocycles. The Morgan fingerprint density at radius 3 is 2.39 bits per heavy atom. The molecular weight excluding hydrogens is 440 g/mol. The Hall–Kier alpha value is -2.68. The summed E-state index contributed by atoms with van der Waals surface area (Å²) in [6, 6.07) is 16.9. The van der Waals surface area contributed by atoms with Crippen molar-refractivity contribution < 1.29 is 9.47 Å². The Balaban J connectivity index is 0.00000259. The molecule has 5 rings (SSSR count). The molecule has 1 fully saturated rings. The van der Waals surface area contributed by atoms with Crippen molar-refractivity contribution in [1.29, 1.82) is 0 Å². The fraction of sp³-hybridized carbons (Fsp3) is 0.458. The smallest absolute Gasteiger partial charge is 0.231 e. The number of hydrogen-bond acceptors (Lipinski definition) is 7. The van der Waals surface area contributed by atoms with Crippen molar-refractivity contribution in [3.05, 3.63) is 65.5 Å². The molecule has 1 unspecified atom stereocenters. The molecule has 9 heteroatoms. The predicted molar refractivity (Wildman–Crippen MR) is 128 cm³/mol. The molecular formula is C24H31ClN6O2. The number of nitrogens with zero attached hydrogens (tertiary/aromatic N) is 6. The van der Waals surface area contributed by atoms with E-state index in [2.05, 4.69) is 69.5 Å². The molecule has 33 heavy (non-hydrogen) atoms. The Bertz CT molecular complexity index is 1040. The molecule has 3 heterocycles. The van der Waals surface area contributed by atoms with Crippen LogP contribution in [0.3, 0.4) is 0 Å². The van der Waals surface area contributed by atoms with Gasteiger partial charge in [0.1, 0.15) is 0 Å². The summed E-state index contributed by atoms with van der Waals surface area (Å²) in [6.07, 6.45) is 0. The van der Waals surface area contributed by atoms with Crippen molar-refractivity contribution in [3.8, 4) is 11.5 Å². The van der Waals surface area contributed by atoms with Gasteiger partial charge >= 0.3 is 0 Å². The van der Waals surface area contributed by atoms with Gasteiger partial charge in [-0.05, 0) is 39.6 Å². The van der Waals surface area contributed by atoms with Gasteiger partial charge in [-0.3, -0.25) is 9.80 Å². The third-order valence-corrected chi connectivity index (χ3v) is 6.27. The van der Waals surface area contributed by atoms with Crippen LogP contribution in [0.2, 0.25) is 0 Å². The van der Waals surface area contributed by atoms with Crippen LogP contribution in [0.25, 0.3) is 0 Å². The molecule has 8 nitrogen and oxygen atoms in total. The molecule has 2 aliphatic rings. The number of aromatic nitrogens is 4. The molecule has 0 spiro atoms. The van der Waals surface area contributed by atoms with Crippen molar-refractivity contribution >= 4 is 12.4 Å². The largest absolute Gasteiger partial charge is 0.454 e. The first kappa shape index (κ1) is 23.5. The average Bonchev–Trinajstić information content (AvgIpc) is 3.45. The average molecular weight is 471 g/mol. The van der Waals surface area contributed by atoms with Crippen LogP contribution in [0.1, 0.15) is 36.8 Å². The number of piperazine rings is 1. The highest BCUT2D eigenvalue weighted by Crippen LogP contribution is 2.33. The lowest BCUT2D eigenvalue weighted by atomic mass is 10.0. The van der Waals surface area contributed by atoms with Crippen molar-refractivity contribution in [2.24, 2.45) is 5.92 Å². The first-order valence-electron chi connectivity index (χ1n) is 11.3. The molecule has 0 amide bonds. The number of tetrazole rings is 1. The molecule has 2 aromatic carbocycles. The molecule has 0 saturated carbocycles. The molecule has 0 radical (unpaired) electrons. The monoisotopic (exact) mass is 470 g/mol. The van der Waals surface area contributed by atoms with Crippen LogP contribution in [0.5, 0.6) is 11.5 Å². The lowest BCUT2D eigenvalue weighted by molar-refractivity contribution is 0.0664. The fourth-order valence-corrected chi connectivity index (χ4v) is 4.67. The second-order valence-corrected chi connectivity index (χ2v) is 8.87. The first-order chi connectivity index (χ1) is 15.7. The van der Waals surface area contributed by atoms with Crippen LogP contribution in [0, 0.1) is 5.92 Å². The summed E-state index contributed by atoms with van der Waals surface area (Å²) in [5.41, 5.74) is 2.46. The quantitative estimate of drug-likeness (QED) is 0.524. The highest BCUT2D eigenvalue weighted by atomic mass is 35.5. The van der Waals surface area contributed by atoms with E-state index in [-0.39, 0.29) is 25.2 Å². The number of halogens is 1. The molecule has 1 saturated heterocycles. The molecule has 176 valence electrons. The van der Waals surface area contributed by atoms with E-state index in [1.54, 1.807) is 0 Å². The summed E-state index contributed by atoms with van der Waals surface area (Å²) in [5.74, 6) is 2.90. The van der Waals surface area contributed by atoms with Crippen LogP contribution in [0.4, 0.5) is 0 Å². The SMILES string of the molecule is CC(C)C(c1nnnn1Cc1ccc2c(c1)OCO2)N1CCN(Cc2ccccc2)CC1.Cl. The van der Waals surface area contributed by atoms with Crippen molar-refractivity contribution in [3.63, 3.8) is 0 Å². The van der Waals surface area contributed by atoms with E-state index in [1.807, 2.05) is 22.9 Å². The minimum Gasteiger partial charge on any atom is -0.454 e. The second-order valence-electron chi connectivity index (χ2n) is 8.87. The minimum atomic E-state index is 0. The summed E-state index contributed by atoms with van der Waals surface area (Å²) in [4.78, 5) is 5.06. The van der Waals surface area contributed by atoms with Gasteiger partial charge in [-0.15, -0.1) is 17.5 Å². The molecule has 1 aromatic heterocycles. The van der Waals surface area contributed by atoms with Gasteiger partial charge in [-0.1, -0.05) is 50.2 Å².